The number of ether oxygens (including phenoxy) is 2. The predicted molar refractivity (Wildman–Crippen MR) is 171 cm³/mol. The van der Waals surface area contributed by atoms with Crippen molar-refractivity contribution >= 4 is 28.9 Å². The highest BCUT2D eigenvalue weighted by atomic mass is 19.1. The van der Waals surface area contributed by atoms with Gasteiger partial charge in [-0.3, -0.25) is 9.91 Å². The van der Waals surface area contributed by atoms with Gasteiger partial charge < -0.3 is 20.0 Å². The van der Waals surface area contributed by atoms with E-state index in [9.17, 15) is 9.50 Å². The summed E-state index contributed by atoms with van der Waals surface area (Å²) in [5, 5.41) is 14.6. The Kier molecular flexibility index (Phi) is 8.18. The average molecular weight is 602 g/mol. The monoisotopic (exact) mass is 601 g/mol. The molecule has 2 aromatic carbocycles. The molecule has 0 amide bonds. The number of phenols is 1. The van der Waals surface area contributed by atoms with Gasteiger partial charge in [-0.15, -0.1) is 6.42 Å². The number of benzene rings is 2. The number of hydrazine groups is 1. The SMILES string of the molecule is [2H]C([2H])(Oc1nc(C(CC)CCCCC)c2c(n1)=CN(c1cc(O)cc3ccc(F)c(C#C)c13)NC=2)C1(CN2CCOCC2)CC1. The van der Waals surface area contributed by atoms with Crippen LogP contribution < -0.4 is 25.7 Å². The molecule has 0 radical (unpaired) electrons. The molecule has 0 bridgehead atoms. The highest BCUT2D eigenvalue weighted by Gasteiger charge is 2.45. The third kappa shape index (κ3) is 6.33. The topological polar surface area (TPSA) is 83.0 Å². The number of fused-ring (bicyclic) bond motifs is 2. The minimum Gasteiger partial charge on any atom is -0.508 e. The molecular weight excluding hydrogens is 557 g/mol. The van der Waals surface area contributed by atoms with Crippen LogP contribution in [0.1, 0.15) is 78.7 Å². The van der Waals surface area contributed by atoms with Gasteiger partial charge in [-0.05, 0) is 43.2 Å². The Bertz CT molecular complexity index is 1770. The van der Waals surface area contributed by atoms with Crippen molar-refractivity contribution in [2.24, 2.45) is 5.41 Å². The summed E-state index contributed by atoms with van der Waals surface area (Å²) in [6.07, 6.45) is 15.8. The van der Waals surface area contributed by atoms with Crippen LogP contribution in [0, 0.1) is 23.6 Å². The van der Waals surface area contributed by atoms with Crippen LogP contribution in [0.5, 0.6) is 11.8 Å². The number of rotatable bonds is 12. The van der Waals surface area contributed by atoms with Gasteiger partial charge in [-0.2, -0.15) is 9.97 Å². The maximum atomic E-state index is 14.8. The number of aromatic hydroxyl groups is 1. The van der Waals surface area contributed by atoms with Gasteiger partial charge in [0, 0.05) is 53.8 Å². The predicted octanol–water partition coefficient (Wildman–Crippen LogP) is 4.52. The van der Waals surface area contributed by atoms with E-state index in [4.69, 9.17) is 28.6 Å². The number of nitrogens with one attached hydrogen (secondary N) is 1. The molecule has 8 nitrogen and oxygen atoms in total. The highest BCUT2D eigenvalue weighted by molar-refractivity contribution is 6.01. The Hall–Kier alpha value is -3.87. The molecule has 2 N–H and O–H groups in total. The molecule has 1 saturated carbocycles. The van der Waals surface area contributed by atoms with E-state index in [0.717, 1.165) is 68.9 Å². The van der Waals surface area contributed by atoms with E-state index in [1.807, 2.05) is 0 Å². The second-order valence-corrected chi connectivity index (χ2v) is 12.1. The van der Waals surface area contributed by atoms with Crippen molar-refractivity contribution in [2.45, 2.75) is 64.7 Å². The molecule has 44 heavy (non-hydrogen) atoms. The fraction of sp³-hybridized carbons (Fsp3) is 0.486. The van der Waals surface area contributed by atoms with Gasteiger partial charge >= 0.3 is 6.01 Å². The largest absolute Gasteiger partial charge is 0.508 e. The number of terminal acetylenes is 1. The minimum absolute atomic E-state index is 0.00404. The lowest BCUT2D eigenvalue weighted by Gasteiger charge is -2.30. The number of anilines is 1. The first-order valence-corrected chi connectivity index (χ1v) is 15.7. The summed E-state index contributed by atoms with van der Waals surface area (Å²) < 4.78 is 44.6. The third-order valence-electron chi connectivity index (χ3n) is 8.90. The summed E-state index contributed by atoms with van der Waals surface area (Å²) in [5.41, 5.74) is 3.94. The second kappa shape index (κ2) is 13.0. The normalized spacial score (nSPS) is 19.0. The smallest absolute Gasteiger partial charge is 0.317 e. The molecule has 3 heterocycles. The Balaban J connectivity index is 1.43. The molecule has 1 aliphatic carbocycles. The van der Waals surface area contributed by atoms with Gasteiger partial charge in [-0.1, -0.05) is 45.1 Å². The molecule has 1 unspecified atom stereocenters. The zero-order valence-electron chi connectivity index (χ0n) is 27.5. The lowest BCUT2D eigenvalue weighted by atomic mass is 9.93. The molecular formula is C35H42FN5O3. The molecule has 2 fully saturated rings. The first-order chi connectivity index (χ1) is 22.2. The molecule has 1 saturated heterocycles. The zero-order chi connectivity index (χ0) is 32.5. The number of halogens is 1. The number of morpholine rings is 1. The van der Waals surface area contributed by atoms with Crippen LogP contribution in [0.4, 0.5) is 10.1 Å². The summed E-state index contributed by atoms with van der Waals surface area (Å²) >= 11 is 0. The number of hydrogen-bond acceptors (Lipinski definition) is 8. The summed E-state index contributed by atoms with van der Waals surface area (Å²) in [5.74, 6) is 2.04. The van der Waals surface area contributed by atoms with Gasteiger partial charge in [0.15, 0.2) is 0 Å². The van der Waals surface area contributed by atoms with Gasteiger partial charge in [0.1, 0.15) is 11.6 Å². The summed E-state index contributed by atoms with van der Waals surface area (Å²) in [6.45, 7) is 5.75. The molecule has 1 aromatic heterocycles. The molecule has 9 heteroatoms. The van der Waals surface area contributed by atoms with Crippen LogP contribution >= 0.6 is 0 Å². The third-order valence-corrected chi connectivity index (χ3v) is 8.90. The van der Waals surface area contributed by atoms with Crippen molar-refractivity contribution in [2.75, 3.05) is 44.4 Å². The number of hydrogen-bond donors (Lipinski definition) is 2. The molecule has 6 rings (SSSR count). The lowest BCUT2D eigenvalue weighted by molar-refractivity contribution is 0.0231. The number of aromatic nitrogens is 2. The molecule has 0 spiro atoms. The number of unbranched alkanes of at least 4 members (excludes halogenated alkanes) is 2. The van der Waals surface area contributed by atoms with E-state index in [2.05, 4.69) is 30.1 Å². The quantitative estimate of drug-likeness (QED) is 0.232. The Morgan fingerprint density at radius 2 is 2.05 bits per heavy atom. The maximum Gasteiger partial charge on any atom is 0.317 e. The number of nitrogens with zero attached hydrogens (tertiary/aromatic N) is 4. The standard InChI is InChI=1S/C35H42FN5O3/c1-4-7-8-9-24(5-2)33-28-20-37-41(31-19-26(42)18-25-10-11-29(36)27(6-3)32(25)31)21-30(28)38-34(39-33)44-23-35(12-13-35)22-40-14-16-43-17-15-40/h3,10-11,18-21,24,37,42H,4-5,7-9,12-17,22-23H2,1-2H3/i23D2. The fourth-order valence-corrected chi connectivity index (χ4v) is 6.21. The maximum absolute atomic E-state index is 14.8. The molecule has 3 aliphatic rings. The van der Waals surface area contributed by atoms with E-state index in [0.29, 0.717) is 41.6 Å². The summed E-state index contributed by atoms with van der Waals surface area (Å²) in [7, 11) is 0. The van der Waals surface area contributed by atoms with Crippen molar-refractivity contribution in [3.63, 3.8) is 0 Å². The van der Waals surface area contributed by atoms with E-state index in [1.165, 1.54) is 12.1 Å². The Labute approximate surface area is 261 Å². The van der Waals surface area contributed by atoms with Crippen molar-refractivity contribution in [3.05, 3.63) is 51.9 Å². The van der Waals surface area contributed by atoms with Gasteiger partial charge in [0.05, 0.1) is 51.0 Å². The zero-order valence-corrected chi connectivity index (χ0v) is 25.5. The minimum atomic E-state index is -1.99. The van der Waals surface area contributed by atoms with Crippen LogP contribution in [0.3, 0.4) is 0 Å². The van der Waals surface area contributed by atoms with Crippen molar-refractivity contribution in [1.29, 1.82) is 0 Å². The van der Waals surface area contributed by atoms with E-state index < -0.39 is 17.8 Å². The molecule has 2 aliphatic heterocycles. The van der Waals surface area contributed by atoms with E-state index in [1.54, 1.807) is 29.5 Å². The van der Waals surface area contributed by atoms with E-state index >= 15 is 0 Å². The van der Waals surface area contributed by atoms with E-state index in [-0.39, 0.29) is 23.2 Å². The lowest BCUT2D eigenvalue weighted by Crippen LogP contribution is -2.46. The van der Waals surface area contributed by atoms with Crippen molar-refractivity contribution < 1.29 is 21.7 Å². The number of phenolic OH excluding ortho intramolecular Hbond substituents is 1. The second-order valence-electron chi connectivity index (χ2n) is 12.1. The fourth-order valence-electron chi connectivity index (χ4n) is 6.21. The van der Waals surface area contributed by atoms with Gasteiger partial charge in [-0.25, -0.2) is 4.39 Å². The van der Waals surface area contributed by atoms with Crippen LogP contribution in [0.15, 0.2) is 24.3 Å². The first kappa shape index (κ1) is 27.7. The molecule has 1 atom stereocenters. The first-order valence-electron chi connectivity index (χ1n) is 16.7. The van der Waals surface area contributed by atoms with Crippen molar-refractivity contribution in [1.82, 2.24) is 20.3 Å². The molecule has 232 valence electrons. The van der Waals surface area contributed by atoms with Crippen LogP contribution in [-0.4, -0.2) is 59.4 Å². The average Bonchev–Trinajstić information content (AvgIpc) is 3.84. The van der Waals surface area contributed by atoms with Crippen LogP contribution in [-0.2, 0) is 4.74 Å². The summed E-state index contributed by atoms with van der Waals surface area (Å²) in [4.78, 5) is 11.9. The van der Waals surface area contributed by atoms with Crippen molar-refractivity contribution in [3.8, 4) is 24.1 Å². The van der Waals surface area contributed by atoms with Gasteiger partial charge in [0.25, 0.3) is 0 Å². The van der Waals surface area contributed by atoms with Crippen LogP contribution in [0.25, 0.3) is 23.2 Å². The Morgan fingerprint density at radius 1 is 1.23 bits per heavy atom. The molecule has 3 aromatic rings. The Morgan fingerprint density at radius 3 is 2.77 bits per heavy atom. The highest BCUT2D eigenvalue weighted by Crippen LogP contribution is 2.46. The summed E-state index contributed by atoms with van der Waals surface area (Å²) in [6, 6.07) is 5.93. The van der Waals surface area contributed by atoms with Gasteiger partial charge in [0.2, 0.25) is 0 Å². The van der Waals surface area contributed by atoms with Crippen LogP contribution in [0.2, 0.25) is 0 Å².